The zero-order valence-corrected chi connectivity index (χ0v) is 14.2. The van der Waals surface area contributed by atoms with E-state index < -0.39 is 0 Å². The van der Waals surface area contributed by atoms with E-state index in [0.717, 1.165) is 22.2 Å². The van der Waals surface area contributed by atoms with Gasteiger partial charge in [-0.2, -0.15) is 0 Å². The molecule has 0 unspecified atom stereocenters. The molecule has 3 heterocycles. The third-order valence-electron chi connectivity index (χ3n) is 2.73. The first-order valence-electron chi connectivity index (χ1n) is 5.38. The molecule has 3 rings (SSSR count). The van der Waals surface area contributed by atoms with Gasteiger partial charge in [0.2, 0.25) is 0 Å². The Hall–Kier alpha value is -1.51. The van der Waals surface area contributed by atoms with Crippen molar-refractivity contribution in [3.8, 4) is 17.1 Å². The second-order valence-electron chi connectivity index (χ2n) is 3.74. The Morgan fingerprint density at radius 3 is 2.67 bits per heavy atom. The van der Waals surface area contributed by atoms with Crippen LogP contribution in [0.15, 0.2) is 36.8 Å². The van der Waals surface area contributed by atoms with Crippen molar-refractivity contribution in [3.05, 3.63) is 36.8 Å². The summed E-state index contributed by atoms with van der Waals surface area (Å²) in [6, 6.07) is 5.85. The van der Waals surface area contributed by atoms with Crippen LogP contribution in [0.1, 0.15) is 0 Å². The van der Waals surface area contributed by atoms with E-state index in [0.29, 0.717) is 31.9 Å². The minimum atomic E-state index is 0.597. The van der Waals surface area contributed by atoms with Crippen molar-refractivity contribution < 1.29 is 4.74 Å². The molecular weight excluding hydrogens is 421 g/mol. The topological polar surface area (TPSA) is 52.8 Å². The molecule has 5 nitrogen and oxygen atoms in total. The summed E-state index contributed by atoms with van der Waals surface area (Å²) in [7, 11) is 1.63. The number of aromatic nitrogens is 4. The first kappa shape index (κ1) is 11.6. The normalized spacial score (nSPS) is 10.7. The summed E-state index contributed by atoms with van der Waals surface area (Å²) in [5, 5.41) is 5.58. The molecule has 0 bridgehead atoms. The maximum atomic E-state index is 5.34. The van der Waals surface area contributed by atoms with Gasteiger partial charge in [0.15, 0.2) is 0 Å². The van der Waals surface area contributed by atoms with Crippen molar-refractivity contribution >= 4 is 37.0 Å². The van der Waals surface area contributed by atoms with Gasteiger partial charge in [0, 0.05) is 0 Å². The molecule has 0 fully saturated rings. The number of hydrogen-bond donors (Lipinski definition) is 0. The summed E-state index contributed by atoms with van der Waals surface area (Å²) >= 11 is 0.597. The fraction of sp³-hybridized carbons (Fsp3) is 0.0833. The molecule has 3 aromatic heterocycles. The van der Waals surface area contributed by atoms with Crippen molar-refractivity contribution in [2.45, 2.75) is 0 Å². The van der Waals surface area contributed by atoms with Crippen molar-refractivity contribution in [1.29, 1.82) is 0 Å². The van der Waals surface area contributed by atoms with Gasteiger partial charge in [-0.05, 0) is 0 Å². The van der Waals surface area contributed by atoms with Crippen molar-refractivity contribution in [2.24, 2.45) is 0 Å². The van der Waals surface area contributed by atoms with Crippen molar-refractivity contribution in [3.63, 3.8) is 0 Å². The minimum absolute atomic E-state index is 0.597. The van der Waals surface area contributed by atoms with Gasteiger partial charge in [-0.3, -0.25) is 0 Å². The number of rotatable bonds is 2. The van der Waals surface area contributed by atoms with Crippen molar-refractivity contribution in [1.82, 2.24) is 17.6 Å². The summed E-state index contributed by atoms with van der Waals surface area (Å²) in [6.07, 6.45) is 5.27. The maximum absolute atomic E-state index is 5.34. The van der Waals surface area contributed by atoms with Crippen LogP contribution in [-0.2, 0) is 0 Å². The molecule has 0 aliphatic heterocycles. The molecule has 0 saturated heterocycles. The monoisotopic (exact) mass is 430 g/mol. The molecule has 3 aromatic rings. The summed E-state index contributed by atoms with van der Waals surface area (Å²) < 4.78 is 7.34. The van der Waals surface area contributed by atoms with Crippen molar-refractivity contribution in [2.75, 3.05) is 7.11 Å². The Labute approximate surface area is 120 Å². The predicted molar refractivity (Wildman–Crippen MR) is 68.5 cm³/mol. The summed E-state index contributed by atoms with van der Waals surface area (Å²) in [5.41, 5.74) is 3.00. The molecule has 0 atom stereocenters. The fourth-order valence-corrected chi connectivity index (χ4v) is 3.21. The van der Waals surface area contributed by atoms with Gasteiger partial charge in [-0.25, -0.2) is 0 Å². The van der Waals surface area contributed by atoms with Gasteiger partial charge < -0.3 is 0 Å². The molecule has 86 valence electrons. The summed E-state index contributed by atoms with van der Waals surface area (Å²) in [6.45, 7) is 0. The van der Waals surface area contributed by atoms with Crippen LogP contribution in [-0.4, -0.2) is 50.7 Å². The summed E-state index contributed by atoms with van der Waals surface area (Å²) in [5.74, 6) is 0.617. The van der Waals surface area contributed by atoms with Crippen LogP contribution < -0.4 is 4.74 Å². The molecule has 0 aliphatic carbocycles. The molecule has 6 heteroatoms. The quantitative estimate of drug-likeness (QED) is 0.579. The van der Waals surface area contributed by atoms with Crippen LogP contribution in [0.5, 0.6) is 5.88 Å². The van der Waals surface area contributed by atoms with Gasteiger partial charge in [0.1, 0.15) is 0 Å². The molecular formula is C12H9N4OTl. The second kappa shape index (κ2) is 4.64. The molecule has 0 aromatic carbocycles. The van der Waals surface area contributed by atoms with E-state index in [1.54, 1.807) is 25.7 Å². The van der Waals surface area contributed by atoms with Gasteiger partial charge in [-0.1, -0.05) is 0 Å². The molecule has 0 spiro atoms. The van der Waals surface area contributed by atoms with E-state index in [-0.39, 0.29) is 0 Å². The summed E-state index contributed by atoms with van der Waals surface area (Å²) in [4.78, 5) is 8.28. The molecule has 0 saturated carbocycles. The van der Waals surface area contributed by atoms with Crippen LogP contribution in [0.3, 0.4) is 0 Å². The van der Waals surface area contributed by atoms with E-state index in [4.69, 9.17) is 4.74 Å². The molecule has 18 heavy (non-hydrogen) atoms. The number of methoxy groups -OCH3 is 1. The number of ether oxygens (including phenoxy) is 1. The molecule has 0 aliphatic rings. The third-order valence-corrected chi connectivity index (χ3v) is 4.26. The first-order valence-corrected chi connectivity index (χ1v) is 7.39. The average molecular weight is 430 g/mol. The predicted octanol–water partition coefficient (Wildman–Crippen LogP) is 1.43. The number of pyridine rings is 2. The van der Waals surface area contributed by atoms with Crippen LogP contribution >= 0.6 is 0 Å². The van der Waals surface area contributed by atoms with E-state index >= 15 is 0 Å². The second-order valence-corrected chi connectivity index (χ2v) is 5.64. The third kappa shape index (κ3) is 1.78. The molecule has 0 N–H and O–H groups in total. The Kier molecular flexibility index (Phi) is 2.98. The zero-order valence-electron chi connectivity index (χ0n) is 9.74. The van der Waals surface area contributed by atoms with Crippen LogP contribution in [0.2, 0.25) is 0 Å². The number of nitrogens with zero attached hydrogens (tertiary/aromatic N) is 4. The molecule has 0 amide bonds. The Balaban J connectivity index is 2.37. The van der Waals surface area contributed by atoms with Crippen LogP contribution in [0.25, 0.3) is 22.2 Å². The number of hydrogen-bond acceptors (Lipinski definition) is 4. The number of fused-ring (bicyclic) bond motifs is 1. The van der Waals surface area contributed by atoms with Crippen LogP contribution in [0, 0.1) is 0 Å². The standard InChI is InChI=1S/C12H9N4O.Tl/c1-17-12-10-9(4-7-14-12)15-16-11(10)8-2-5-13-6-3-8;/h2-7H,1H3;/q-1;+1. The van der Waals surface area contributed by atoms with Gasteiger partial charge in [0.05, 0.1) is 0 Å². The molecule has 0 radical (unpaired) electrons. The van der Waals surface area contributed by atoms with Gasteiger partial charge in [-0.15, -0.1) is 0 Å². The van der Waals surface area contributed by atoms with Gasteiger partial charge >= 0.3 is 120 Å². The van der Waals surface area contributed by atoms with E-state index in [9.17, 15) is 0 Å². The van der Waals surface area contributed by atoms with Crippen LogP contribution in [0.4, 0.5) is 0 Å². The Morgan fingerprint density at radius 1 is 1.17 bits per heavy atom. The van der Waals surface area contributed by atoms with E-state index in [2.05, 4.69) is 15.1 Å². The van der Waals surface area contributed by atoms with E-state index in [1.807, 2.05) is 20.7 Å². The SMILES string of the molecule is COc1nccc2c1c(-c1ccncc1)n[n]2[Tl]. The fourth-order valence-electron chi connectivity index (χ4n) is 1.92. The zero-order chi connectivity index (χ0) is 12.5. The Morgan fingerprint density at radius 2 is 1.94 bits per heavy atom. The van der Waals surface area contributed by atoms with E-state index in [1.165, 1.54) is 0 Å². The Bertz CT molecular complexity index is 696. The van der Waals surface area contributed by atoms with Gasteiger partial charge in [0.25, 0.3) is 0 Å². The average Bonchev–Trinajstić information content (AvgIpc) is 2.77. The first-order chi connectivity index (χ1) is 8.81.